The van der Waals surface area contributed by atoms with Crippen LogP contribution >= 0.6 is 11.6 Å². The van der Waals surface area contributed by atoms with Gasteiger partial charge in [0.15, 0.2) is 0 Å². The van der Waals surface area contributed by atoms with Gasteiger partial charge in [-0.15, -0.1) is 0 Å². The molecule has 0 bridgehead atoms. The second-order valence-electron chi connectivity index (χ2n) is 8.12. The summed E-state index contributed by atoms with van der Waals surface area (Å²) in [5, 5.41) is 3.36. The number of nitrogens with one attached hydrogen (secondary N) is 1. The second kappa shape index (κ2) is 12.3. The number of sulfonamides is 1. The van der Waals surface area contributed by atoms with Crippen LogP contribution in [0.15, 0.2) is 53.4 Å². The van der Waals surface area contributed by atoms with Gasteiger partial charge in [0, 0.05) is 11.6 Å². The molecule has 0 spiro atoms. The topological polar surface area (TPSA) is 79.0 Å². The number of methoxy groups -OCH3 is 1. The molecule has 1 amide bonds. The number of carbonyl (C=O) groups excluding carboxylic acids is 1. The van der Waals surface area contributed by atoms with Crippen LogP contribution < -0.4 is 14.4 Å². The van der Waals surface area contributed by atoms with Crippen molar-refractivity contribution >= 4 is 33.2 Å². The molecule has 180 valence electrons. The summed E-state index contributed by atoms with van der Waals surface area (Å²) in [5.74, 6) is 0.201. The van der Waals surface area contributed by atoms with E-state index in [9.17, 15) is 13.2 Å². The van der Waals surface area contributed by atoms with Gasteiger partial charge in [-0.1, -0.05) is 24.4 Å². The van der Waals surface area contributed by atoms with Crippen LogP contribution in [0.4, 0.5) is 5.69 Å². The van der Waals surface area contributed by atoms with E-state index in [4.69, 9.17) is 16.3 Å². The number of rotatable bonds is 10. The molecule has 7 nitrogen and oxygen atoms in total. The zero-order valence-corrected chi connectivity index (χ0v) is 20.6. The molecule has 1 saturated heterocycles. The second-order valence-corrected chi connectivity index (χ2v) is 10.4. The van der Waals surface area contributed by atoms with Gasteiger partial charge in [0.25, 0.3) is 10.0 Å². The Morgan fingerprint density at radius 2 is 1.67 bits per heavy atom. The van der Waals surface area contributed by atoms with Gasteiger partial charge >= 0.3 is 0 Å². The highest BCUT2D eigenvalue weighted by molar-refractivity contribution is 7.92. The average Bonchev–Trinajstić information content (AvgIpc) is 3.10. The third-order valence-electron chi connectivity index (χ3n) is 5.72. The van der Waals surface area contributed by atoms with E-state index in [1.165, 1.54) is 44.9 Å². The predicted molar refractivity (Wildman–Crippen MR) is 132 cm³/mol. The SMILES string of the molecule is COc1ccc(S(=O)(=O)N(CC(=O)NCCCN2CCCCCC2)c2ccc(Cl)cc2)cc1. The van der Waals surface area contributed by atoms with Crippen LogP contribution in [0.5, 0.6) is 5.75 Å². The smallest absolute Gasteiger partial charge is 0.264 e. The van der Waals surface area contributed by atoms with E-state index in [-0.39, 0.29) is 17.3 Å². The molecule has 1 aliphatic heterocycles. The highest BCUT2D eigenvalue weighted by Gasteiger charge is 2.27. The monoisotopic (exact) mass is 493 g/mol. The van der Waals surface area contributed by atoms with E-state index in [0.717, 1.165) is 30.4 Å². The first-order valence-electron chi connectivity index (χ1n) is 11.3. The molecular formula is C24H32ClN3O4S. The maximum Gasteiger partial charge on any atom is 0.264 e. The van der Waals surface area contributed by atoms with Crippen molar-refractivity contribution in [2.45, 2.75) is 37.0 Å². The number of likely N-dealkylation sites (tertiary alicyclic amines) is 1. The Balaban J connectivity index is 1.66. The molecule has 1 aliphatic rings. The van der Waals surface area contributed by atoms with Crippen molar-refractivity contribution in [2.24, 2.45) is 0 Å². The Hall–Kier alpha value is -2.29. The van der Waals surface area contributed by atoms with Gasteiger partial charge in [0.05, 0.1) is 17.7 Å². The van der Waals surface area contributed by atoms with Crippen molar-refractivity contribution in [3.8, 4) is 5.75 Å². The number of anilines is 1. The standard InChI is InChI=1S/C24H32ClN3O4S/c1-32-22-11-13-23(14-12-22)33(30,31)28(21-9-7-20(25)8-10-21)19-24(29)26-15-6-18-27-16-4-2-3-5-17-27/h7-14H,2-6,15-19H2,1H3,(H,26,29). The van der Waals surface area contributed by atoms with E-state index in [2.05, 4.69) is 10.2 Å². The summed E-state index contributed by atoms with van der Waals surface area (Å²) in [6, 6.07) is 12.5. The van der Waals surface area contributed by atoms with Crippen LogP contribution in [0.25, 0.3) is 0 Å². The fraction of sp³-hybridized carbons (Fsp3) is 0.458. The first-order chi connectivity index (χ1) is 15.9. The molecule has 0 radical (unpaired) electrons. The van der Waals surface area contributed by atoms with Gasteiger partial charge in [-0.3, -0.25) is 9.10 Å². The van der Waals surface area contributed by atoms with Crippen molar-refractivity contribution in [1.82, 2.24) is 10.2 Å². The molecular weight excluding hydrogens is 462 g/mol. The Bertz CT molecular complexity index is 989. The molecule has 2 aromatic carbocycles. The summed E-state index contributed by atoms with van der Waals surface area (Å²) in [7, 11) is -2.46. The van der Waals surface area contributed by atoms with Crippen molar-refractivity contribution < 1.29 is 17.9 Å². The van der Waals surface area contributed by atoms with Gasteiger partial charge in [0.1, 0.15) is 12.3 Å². The van der Waals surface area contributed by atoms with E-state index < -0.39 is 10.0 Å². The van der Waals surface area contributed by atoms with Gasteiger partial charge in [0.2, 0.25) is 5.91 Å². The minimum Gasteiger partial charge on any atom is -0.497 e. The number of ether oxygens (including phenoxy) is 1. The van der Waals surface area contributed by atoms with Crippen LogP contribution in [-0.4, -0.2) is 59.1 Å². The number of nitrogens with zero attached hydrogens (tertiary/aromatic N) is 2. The maximum atomic E-state index is 13.4. The van der Waals surface area contributed by atoms with Crippen LogP contribution in [0.3, 0.4) is 0 Å². The number of carbonyl (C=O) groups is 1. The maximum absolute atomic E-state index is 13.4. The van der Waals surface area contributed by atoms with Gasteiger partial charge < -0.3 is 15.0 Å². The molecule has 9 heteroatoms. The van der Waals surface area contributed by atoms with Crippen LogP contribution in [0.1, 0.15) is 32.1 Å². The van der Waals surface area contributed by atoms with Crippen LogP contribution in [0.2, 0.25) is 5.02 Å². The molecule has 0 unspecified atom stereocenters. The first kappa shape index (κ1) is 25.3. The van der Waals surface area contributed by atoms with Crippen molar-refractivity contribution in [3.05, 3.63) is 53.6 Å². The zero-order chi connectivity index (χ0) is 23.7. The fourth-order valence-corrected chi connectivity index (χ4v) is 5.42. The van der Waals surface area contributed by atoms with Gasteiger partial charge in [-0.25, -0.2) is 8.42 Å². The quantitative estimate of drug-likeness (QED) is 0.507. The van der Waals surface area contributed by atoms with Gasteiger partial charge in [-0.2, -0.15) is 0 Å². The molecule has 0 atom stereocenters. The number of benzene rings is 2. The Labute approximate surface area is 201 Å². The lowest BCUT2D eigenvalue weighted by Gasteiger charge is -2.24. The highest BCUT2D eigenvalue weighted by Crippen LogP contribution is 2.26. The molecule has 0 saturated carbocycles. The van der Waals surface area contributed by atoms with E-state index in [1.54, 1.807) is 36.4 Å². The summed E-state index contributed by atoms with van der Waals surface area (Å²) in [4.78, 5) is 15.2. The molecule has 1 heterocycles. The number of amides is 1. The minimum absolute atomic E-state index is 0.0761. The third kappa shape index (κ3) is 7.35. The third-order valence-corrected chi connectivity index (χ3v) is 7.76. The zero-order valence-electron chi connectivity index (χ0n) is 19.0. The lowest BCUT2D eigenvalue weighted by molar-refractivity contribution is -0.119. The number of halogens is 1. The van der Waals surface area contributed by atoms with Crippen LogP contribution in [-0.2, 0) is 14.8 Å². The Kier molecular flexibility index (Phi) is 9.41. The largest absolute Gasteiger partial charge is 0.497 e. The summed E-state index contributed by atoms with van der Waals surface area (Å²) < 4.78 is 33.0. The lowest BCUT2D eigenvalue weighted by atomic mass is 10.2. The Morgan fingerprint density at radius 3 is 2.27 bits per heavy atom. The summed E-state index contributed by atoms with van der Waals surface area (Å²) in [6.07, 6.45) is 5.86. The molecule has 2 aromatic rings. The molecule has 1 fully saturated rings. The fourth-order valence-electron chi connectivity index (χ4n) is 3.87. The average molecular weight is 494 g/mol. The predicted octanol–water partition coefficient (Wildman–Crippen LogP) is 3.93. The van der Waals surface area contributed by atoms with Crippen LogP contribution in [0, 0.1) is 0 Å². The van der Waals surface area contributed by atoms with Crippen molar-refractivity contribution in [3.63, 3.8) is 0 Å². The molecule has 1 N–H and O–H groups in total. The first-order valence-corrected chi connectivity index (χ1v) is 13.1. The minimum atomic E-state index is -3.97. The number of hydrogen-bond acceptors (Lipinski definition) is 5. The van der Waals surface area contributed by atoms with E-state index >= 15 is 0 Å². The summed E-state index contributed by atoms with van der Waals surface area (Å²) >= 11 is 5.98. The van der Waals surface area contributed by atoms with Crippen molar-refractivity contribution in [1.29, 1.82) is 0 Å². The number of hydrogen-bond donors (Lipinski definition) is 1. The molecule has 33 heavy (non-hydrogen) atoms. The van der Waals surface area contributed by atoms with E-state index in [0.29, 0.717) is 23.0 Å². The van der Waals surface area contributed by atoms with Gasteiger partial charge in [-0.05, 0) is 87.4 Å². The summed E-state index contributed by atoms with van der Waals surface area (Å²) in [5.41, 5.74) is 0.370. The summed E-state index contributed by atoms with van der Waals surface area (Å²) in [6.45, 7) is 3.34. The normalized spacial score (nSPS) is 15.0. The highest BCUT2D eigenvalue weighted by atomic mass is 35.5. The van der Waals surface area contributed by atoms with E-state index in [1.807, 2.05) is 0 Å². The lowest BCUT2D eigenvalue weighted by Crippen LogP contribution is -2.41. The Morgan fingerprint density at radius 1 is 1.03 bits per heavy atom. The molecule has 0 aromatic heterocycles. The molecule has 3 rings (SSSR count). The van der Waals surface area contributed by atoms with Crippen molar-refractivity contribution in [2.75, 3.05) is 44.1 Å². The molecule has 0 aliphatic carbocycles.